The van der Waals surface area contributed by atoms with E-state index >= 15 is 0 Å². The van der Waals surface area contributed by atoms with Gasteiger partial charge in [-0.3, -0.25) is 0 Å². The van der Waals surface area contributed by atoms with Gasteiger partial charge in [-0.05, 0) is 30.7 Å². The fourth-order valence-electron chi connectivity index (χ4n) is 2.02. The maximum Gasteiger partial charge on any atom is 0.268 e. The maximum atomic E-state index is 12.9. The van der Waals surface area contributed by atoms with Crippen LogP contribution in [-0.2, 0) is 0 Å². The van der Waals surface area contributed by atoms with Gasteiger partial charge in [0.2, 0.25) is 5.82 Å². The molecule has 0 atom stereocenters. The Labute approximate surface area is 132 Å². The molecule has 1 heterocycles. The van der Waals surface area contributed by atoms with Crippen molar-refractivity contribution in [2.24, 2.45) is 0 Å². The van der Waals surface area contributed by atoms with Gasteiger partial charge in [-0.2, -0.15) is 10.2 Å². The van der Waals surface area contributed by atoms with E-state index in [1.54, 1.807) is 18.2 Å². The van der Waals surface area contributed by atoms with Gasteiger partial charge < -0.3 is 4.52 Å². The summed E-state index contributed by atoms with van der Waals surface area (Å²) in [6.07, 6.45) is 1.58. The van der Waals surface area contributed by atoms with E-state index in [9.17, 15) is 9.65 Å². The highest BCUT2D eigenvalue weighted by Crippen LogP contribution is 2.21. The van der Waals surface area contributed by atoms with Crippen LogP contribution in [-0.4, -0.2) is 10.1 Å². The number of hydrogen-bond donors (Lipinski definition) is 0. The number of nitrogens with zero attached hydrogens (tertiary/aromatic N) is 3. The van der Waals surface area contributed by atoms with Crippen LogP contribution >= 0.6 is 0 Å². The fourth-order valence-corrected chi connectivity index (χ4v) is 2.02. The first-order valence-corrected chi connectivity index (χ1v) is 6.94. The smallest absolute Gasteiger partial charge is 0.268 e. The second-order valence-electron chi connectivity index (χ2n) is 5.01. The maximum absolute atomic E-state index is 12.9. The molecular formula is C18H12FN3O. The molecule has 0 amide bonds. The molecular weight excluding hydrogens is 293 g/mol. The third kappa shape index (κ3) is 3.33. The molecule has 2 aromatic carbocycles. The lowest BCUT2D eigenvalue weighted by Gasteiger charge is -1.95. The average molecular weight is 305 g/mol. The van der Waals surface area contributed by atoms with Crippen molar-refractivity contribution >= 4 is 11.6 Å². The Morgan fingerprint density at radius 2 is 1.83 bits per heavy atom. The number of halogens is 1. The van der Waals surface area contributed by atoms with Crippen LogP contribution in [0.15, 0.2) is 53.1 Å². The Morgan fingerprint density at radius 1 is 1.13 bits per heavy atom. The predicted molar refractivity (Wildman–Crippen MR) is 84.4 cm³/mol. The van der Waals surface area contributed by atoms with Crippen LogP contribution in [0, 0.1) is 24.1 Å². The molecule has 3 aromatic rings. The molecule has 3 rings (SSSR count). The van der Waals surface area contributed by atoms with E-state index in [0.717, 1.165) is 11.1 Å². The van der Waals surface area contributed by atoms with Crippen molar-refractivity contribution in [2.75, 3.05) is 0 Å². The summed E-state index contributed by atoms with van der Waals surface area (Å²) in [4.78, 5) is 4.25. The zero-order valence-electron chi connectivity index (χ0n) is 12.3. The number of nitriles is 1. The van der Waals surface area contributed by atoms with Gasteiger partial charge in [0.05, 0.1) is 0 Å². The number of allylic oxidation sites excluding steroid dienone is 1. The monoisotopic (exact) mass is 305 g/mol. The Hall–Kier alpha value is -3.26. The van der Waals surface area contributed by atoms with Crippen LogP contribution in [0.5, 0.6) is 0 Å². The van der Waals surface area contributed by atoms with E-state index < -0.39 is 0 Å². The van der Waals surface area contributed by atoms with Crippen LogP contribution in [0.4, 0.5) is 4.39 Å². The van der Waals surface area contributed by atoms with Gasteiger partial charge in [0.1, 0.15) is 17.5 Å². The van der Waals surface area contributed by atoms with Crippen molar-refractivity contribution in [3.63, 3.8) is 0 Å². The SMILES string of the molecule is Cc1ccc(-c2noc(/C(C#N)=C/c3ccc(F)cc3)n2)cc1. The van der Waals surface area contributed by atoms with Crippen molar-refractivity contribution in [3.8, 4) is 17.5 Å². The molecule has 23 heavy (non-hydrogen) atoms. The number of aromatic nitrogens is 2. The van der Waals surface area contributed by atoms with Crippen molar-refractivity contribution in [3.05, 3.63) is 71.4 Å². The van der Waals surface area contributed by atoms with Crippen LogP contribution < -0.4 is 0 Å². The van der Waals surface area contributed by atoms with Crippen molar-refractivity contribution in [1.29, 1.82) is 5.26 Å². The van der Waals surface area contributed by atoms with E-state index in [-0.39, 0.29) is 17.3 Å². The minimum absolute atomic E-state index is 0.132. The van der Waals surface area contributed by atoms with Crippen molar-refractivity contribution in [2.45, 2.75) is 6.92 Å². The molecule has 0 radical (unpaired) electrons. The summed E-state index contributed by atoms with van der Waals surface area (Å²) in [5.74, 6) is 0.216. The molecule has 112 valence electrons. The lowest BCUT2D eigenvalue weighted by Crippen LogP contribution is -1.84. The van der Waals surface area contributed by atoms with E-state index in [4.69, 9.17) is 4.52 Å². The van der Waals surface area contributed by atoms with Crippen LogP contribution in [0.3, 0.4) is 0 Å². The lowest BCUT2D eigenvalue weighted by atomic mass is 10.1. The summed E-state index contributed by atoms with van der Waals surface area (Å²) in [6, 6.07) is 15.5. The Kier molecular flexibility index (Phi) is 3.98. The van der Waals surface area contributed by atoms with Gasteiger partial charge in [0.25, 0.3) is 5.89 Å². The van der Waals surface area contributed by atoms with E-state index in [2.05, 4.69) is 10.1 Å². The highest BCUT2D eigenvalue weighted by atomic mass is 19.1. The quantitative estimate of drug-likeness (QED) is 0.679. The molecule has 5 heteroatoms. The summed E-state index contributed by atoms with van der Waals surface area (Å²) >= 11 is 0. The van der Waals surface area contributed by atoms with Crippen LogP contribution in [0.25, 0.3) is 23.0 Å². The number of aryl methyl sites for hydroxylation is 1. The first-order chi connectivity index (χ1) is 11.2. The molecule has 0 saturated heterocycles. The standard InChI is InChI=1S/C18H12FN3O/c1-12-2-6-14(7-3-12)17-21-18(23-22-17)15(11-20)10-13-4-8-16(19)9-5-13/h2-10H,1H3/b15-10+. The van der Waals surface area contributed by atoms with Crippen molar-refractivity contribution in [1.82, 2.24) is 10.1 Å². The third-order valence-electron chi connectivity index (χ3n) is 3.27. The topological polar surface area (TPSA) is 62.7 Å². The van der Waals surface area contributed by atoms with E-state index in [1.807, 2.05) is 37.3 Å². The zero-order chi connectivity index (χ0) is 16.2. The zero-order valence-corrected chi connectivity index (χ0v) is 12.3. The van der Waals surface area contributed by atoms with E-state index in [0.29, 0.717) is 11.4 Å². The number of rotatable bonds is 3. The minimum atomic E-state index is -0.333. The van der Waals surface area contributed by atoms with Crippen LogP contribution in [0.2, 0.25) is 0 Å². The van der Waals surface area contributed by atoms with Crippen LogP contribution in [0.1, 0.15) is 17.0 Å². The summed E-state index contributed by atoms with van der Waals surface area (Å²) in [7, 11) is 0. The summed E-state index contributed by atoms with van der Waals surface area (Å²) in [5, 5.41) is 13.2. The largest absolute Gasteiger partial charge is 0.333 e. The first kappa shape index (κ1) is 14.7. The molecule has 0 saturated carbocycles. The average Bonchev–Trinajstić information content (AvgIpc) is 3.05. The summed E-state index contributed by atoms with van der Waals surface area (Å²) < 4.78 is 18.1. The van der Waals surface area contributed by atoms with E-state index in [1.165, 1.54) is 12.1 Å². The highest BCUT2D eigenvalue weighted by molar-refractivity contribution is 5.86. The lowest BCUT2D eigenvalue weighted by molar-refractivity contribution is 0.409. The second-order valence-corrected chi connectivity index (χ2v) is 5.01. The minimum Gasteiger partial charge on any atom is -0.333 e. The second kappa shape index (κ2) is 6.24. The summed E-state index contributed by atoms with van der Waals surface area (Å²) in [5.41, 5.74) is 2.84. The Balaban J connectivity index is 1.92. The highest BCUT2D eigenvalue weighted by Gasteiger charge is 2.12. The number of benzene rings is 2. The summed E-state index contributed by atoms with van der Waals surface area (Å²) in [6.45, 7) is 1.99. The van der Waals surface area contributed by atoms with Crippen molar-refractivity contribution < 1.29 is 8.91 Å². The molecule has 0 aliphatic carbocycles. The number of hydrogen-bond acceptors (Lipinski definition) is 4. The van der Waals surface area contributed by atoms with Gasteiger partial charge in [0.15, 0.2) is 0 Å². The van der Waals surface area contributed by atoms with Gasteiger partial charge in [-0.15, -0.1) is 0 Å². The van der Waals surface area contributed by atoms with Gasteiger partial charge in [-0.1, -0.05) is 47.1 Å². The van der Waals surface area contributed by atoms with Gasteiger partial charge >= 0.3 is 0 Å². The van der Waals surface area contributed by atoms with Gasteiger partial charge in [0, 0.05) is 5.56 Å². The molecule has 0 aliphatic rings. The Morgan fingerprint density at radius 3 is 2.48 bits per heavy atom. The molecule has 0 spiro atoms. The first-order valence-electron chi connectivity index (χ1n) is 6.94. The molecule has 0 N–H and O–H groups in total. The van der Waals surface area contributed by atoms with Gasteiger partial charge in [-0.25, -0.2) is 4.39 Å². The third-order valence-corrected chi connectivity index (χ3v) is 3.27. The molecule has 0 bridgehead atoms. The predicted octanol–water partition coefficient (Wildman–Crippen LogP) is 4.25. The molecule has 0 fully saturated rings. The fraction of sp³-hybridized carbons (Fsp3) is 0.0556. The molecule has 4 nitrogen and oxygen atoms in total. The molecule has 0 aliphatic heterocycles. The molecule has 1 aromatic heterocycles. The normalized spacial score (nSPS) is 11.3. The molecule has 0 unspecified atom stereocenters. The Bertz CT molecular complexity index is 887.